The lowest BCUT2D eigenvalue weighted by Gasteiger charge is -2.04. The zero-order valence-electron chi connectivity index (χ0n) is 10.1. The molecule has 0 N–H and O–H groups in total. The van der Waals surface area contributed by atoms with Gasteiger partial charge in [0.2, 0.25) is 0 Å². The van der Waals surface area contributed by atoms with Crippen LogP contribution in [0.15, 0.2) is 41.3 Å². The van der Waals surface area contributed by atoms with Gasteiger partial charge in [-0.3, -0.25) is 4.79 Å². The number of fused-ring (bicyclic) bond motifs is 1. The summed E-state index contributed by atoms with van der Waals surface area (Å²) in [5.74, 6) is -0.116. The topological polar surface area (TPSA) is 26.3 Å². The highest BCUT2D eigenvalue weighted by Gasteiger charge is 2.21. The molecular weight excluding hydrogens is 263 g/mol. The van der Waals surface area contributed by atoms with Crippen molar-refractivity contribution in [2.75, 3.05) is 6.61 Å². The molecule has 0 aliphatic carbocycles. The van der Waals surface area contributed by atoms with Crippen LogP contribution in [0.25, 0.3) is 6.08 Å². The molecule has 96 valence electrons. The van der Waals surface area contributed by atoms with Crippen molar-refractivity contribution in [1.82, 2.24) is 0 Å². The van der Waals surface area contributed by atoms with Gasteiger partial charge in [0, 0.05) is 16.9 Å². The molecule has 0 atom stereocenters. The molecule has 19 heavy (non-hydrogen) atoms. The molecular formula is C15H11FO2S. The highest BCUT2D eigenvalue weighted by Crippen LogP contribution is 2.28. The van der Waals surface area contributed by atoms with E-state index in [2.05, 4.69) is 0 Å². The molecule has 0 amide bonds. The number of hydrogen-bond acceptors (Lipinski definition) is 3. The normalized spacial score (nSPS) is 16.9. The van der Waals surface area contributed by atoms with Crippen LogP contribution in [0.1, 0.15) is 21.7 Å². The second-order valence-corrected chi connectivity index (χ2v) is 5.23. The number of benzene rings is 1. The lowest BCUT2D eigenvalue weighted by atomic mass is 10.0. The quantitative estimate of drug-likeness (QED) is 0.736. The Balaban J connectivity index is 2.04. The van der Waals surface area contributed by atoms with Crippen molar-refractivity contribution in [3.8, 4) is 5.75 Å². The van der Waals surface area contributed by atoms with E-state index in [0.717, 1.165) is 4.88 Å². The minimum absolute atomic E-state index is 0.152. The van der Waals surface area contributed by atoms with E-state index in [1.807, 2.05) is 23.6 Å². The maximum atomic E-state index is 13.3. The summed E-state index contributed by atoms with van der Waals surface area (Å²) in [6.45, 7) is 0.432. The molecule has 1 aliphatic heterocycles. The first-order valence-corrected chi connectivity index (χ1v) is 6.83. The Morgan fingerprint density at radius 2 is 2.21 bits per heavy atom. The molecule has 0 fully saturated rings. The third-order valence-electron chi connectivity index (χ3n) is 2.97. The molecule has 0 bridgehead atoms. The molecule has 2 aromatic rings. The Morgan fingerprint density at radius 1 is 1.32 bits per heavy atom. The Kier molecular flexibility index (Phi) is 3.17. The van der Waals surface area contributed by atoms with Crippen molar-refractivity contribution in [3.05, 3.63) is 57.5 Å². The van der Waals surface area contributed by atoms with Crippen molar-refractivity contribution in [2.45, 2.75) is 6.42 Å². The maximum Gasteiger partial charge on any atom is 0.193 e. The molecule has 1 aliphatic rings. The monoisotopic (exact) mass is 274 g/mol. The summed E-state index contributed by atoms with van der Waals surface area (Å²) < 4.78 is 18.8. The molecule has 2 nitrogen and oxygen atoms in total. The molecule has 0 spiro atoms. The average molecular weight is 274 g/mol. The van der Waals surface area contributed by atoms with Gasteiger partial charge in [0.05, 0.1) is 12.2 Å². The summed E-state index contributed by atoms with van der Waals surface area (Å²) in [6.07, 6.45) is 2.39. The van der Waals surface area contributed by atoms with Crippen LogP contribution < -0.4 is 4.74 Å². The number of rotatable bonds is 1. The molecule has 1 aromatic heterocycles. The number of Topliss-reactive ketones (excluding diaryl/α,β-unsaturated/α-hetero) is 1. The third-order valence-corrected chi connectivity index (χ3v) is 3.79. The Labute approximate surface area is 114 Å². The molecule has 0 saturated heterocycles. The molecule has 0 radical (unpaired) electrons. The van der Waals surface area contributed by atoms with Crippen LogP contribution in [-0.4, -0.2) is 12.4 Å². The number of thiophene rings is 1. The SMILES string of the molecule is O=C1C(=Cc2cccs2)CCOc2ccc(F)cc21. The predicted molar refractivity (Wildman–Crippen MR) is 73.1 cm³/mol. The number of carbonyl (C=O) groups excluding carboxylic acids is 1. The minimum atomic E-state index is -0.423. The molecule has 0 unspecified atom stereocenters. The van der Waals surface area contributed by atoms with E-state index < -0.39 is 5.82 Å². The van der Waals surface area contributed by atoms with E-state index in [0.29, 0.717) is 29.9 Å². The van der Waals surface area contributed by atoms with Crippen LogP contribution >= 0.6 is 11.3 Å². The fourth-order valence-electron chi connectivity index (χ4n) is 2.05. The molecule has 0 saturated carbocycles. The van der Waals surface area contributed by atoms with Crippen molar-refractivity contribution in [1.29, 1.82) is 0 Å². The van der Waals surface area contributed by atoms with Gasteiger partial charge in [0.15, 0.2) is 5.78 Å². The van der Waals surface area contributed by atoms with E-state index in [1.54, 1.807) is 11.3 Å². The van der Waals surface area contributed by atoms with Crippen LogP contribution in [0.5, 0.6) is 5.75 Å². The van der Waals surface area contributed by atoms with Crippen LogP contribution in [0.2, 0.25) is 0 Å². The first-order valence-electron chi connectivity index (χ1n) is 5.95. The van der Waals surface area contributed by atoms with Gasteiger partial charge in [0.25, 0.3) is 0 Å². The largest absolute Gasteiger partial charge is 0.492 e. The number of ketones is 1. The van der Waals surface area contributed by atoms with Crippen LogP contribution in [0.4, 0.5) is 4.39 Å². The summed E-state index contributed by atoms with van der Waals surface area (Å²) in [7, 11) is 0. The first kappa shape index (κ1) is 12.1. The second-order valence-electron chi connectivity index (χ2n) is 4.25. The summed E-state index contributed by atoms with van der Waals surface area (Å²) in [5, 5.41) is 1.96. The highest BCUT2D eigenvalue weighted by molar-refractivity contribution is 7.10. The Hall–Kier alpha value is -1.94. The fourth-order valence-corrected chi connectivity index (χ4v) is 2.73. The minimum Gasteiger partial charge on any atom is -0.492 e. The van der Waals surface area contributed by atoms with Crippen LogP contribution in [0, 0.1) is 5.82 Å². The van der Waals surface area contributed by atoms with E-state index >= 15 is 0 Å². The third kappa shape index (κ3) is 2.44. The lowest BCUT2D eigenvalue weighted by Crippen LogP contribution is -2.02. The summed E-state index contributed by atoms with van der Waals surface area (Å²) in [4.78, 5) is 13.4. The van der Waals surface area contributed by atoms with Crippen LogP contribution in [0.3, 0.4) is 0 Å². The summed E-state index contributed by atoms with van der Waals surface area (Å²) in [6, 6.07) is 7.94. The number of carbonyl (C=O) groups is 1. The van der Waals surface area contributed by atoms with E-state index in [9.17, 15) is 9.18 Å². The number of ether oxygens (including phenoxy) is 1. The number of hydrogen-bond donors (Lipinski definition) is 0. The molecule has 4 heteroatoms. The maximum absolute atomic E-state index is 13.3. The van der Waals surface area contributed by atoms with Crippen LogP contribution in [-0.2, 0) is 0 Å². The summed E-state index contributed by atoms with van der Waals surface area (Å²) in [5.41, 5.74) is 0.965. The van der Waals surface area contributed by atoms with E-state index in [-0.39, 0.29) is 5.78 Å². The standard InChI is InChI=1S/C15H11FO2S/c16-11-3-4-14-13(9-11)15(17)10(5-6-18-14)8-12-2-1-7-19-12/h1-4,7-9H,5-6H2. The molecule has 2 heterocycles. The zero-order valence-corrected chi connectivity index (χ0v) is 10.9. The van der Waals surface area contributed by atoms with Gasteiger partial charge in [0.1, 0.15) is 11.6 Å². The van der Waals surface area contributed by atoms with Crippen molar-refractivity contribution in [2.24, 2.45) is 0 Å². The van der Waals surface area contributed by atoms with Gasteiger partial charge in [-0.2, -0.15) is 0 Å². The van der Waals surface area contributed by atoms with Gasteiger partial charge in [-0.05, 0) is 35.7 Å². The van der Waals surface area contributed by atoms with Gasteiger partial charge < -0.3 is 4.74 Å². The van der Waals surface area contributed by atoms with Gasteiger partial charge in [-0.15, -0.1) is 11.3 Å². The Bertz CT molecular complexity index is 644. The van der Waals surface area contributed by atoms with Crippen molar-refractivity contribution < 1.29 is 13.9 Å². The predicted octanol–water partition coefficient (Wildman–Crippen LogP) is 3.94. The second kappa shape index (κ2) is 4.97. The lowest BCUT2D eigenvalue weighted by molar-refractivity contribution is 0.103. The van der Waals surface area contributed by atoms with Gasteiger partial charge in [-0.1, -0.05) is 6.07 Å². The van der Waals surface area contributed by atoms with Crippen molar-refractivity contribution in [3.63, 3.8) is 0 Å². The number of halogens is 1. The fraction of sp³-hybridized carbons (Fsp3) is 0.133. The smallest absolute Gasteiger partial charge is 0.193 e. The zero-order chi connectivity index (χ0) is 13.2. The average Bonchev–Trinajstić information content (AvgIpc) is 2.86. The Morgan fingerprint density at radius 3 is 3.00 bits per heavy atom. The highest BCUT2D eigenvalue weighted by atomic mass is 32.1. The van der Waals surface area contributed by atoms with Crippen molar-refractivity contribution >= 4 is 23.2 Å². The van der Waals surface area contributed by atoms with Gasteiger partial charge in [-0.25, -0.2) is 4.39 Å². The van der Waals surface area contributed by atoms with Gasteiger partial charge >= 0.3 is 0 Å². The first-order chi connectivity index (χ1) is 9.24. The van der Waals surface area contributed by atoms with E-state index in [1.165, 1.54) is 18.2 Å². The van der Waals surface area contributed by atoms with E-state index in [4.69, 9.17) is 4.74 Å². The molecule has 1 aromatic carbocycles. The summed E-state index contributed by atoms with van der Waals surface area (Å²) >= 11 is 1.57. The molecule has 3 rings (SSSR count).